The smallest absolute Gasteiger partial charge is 0.278 e. The lowest BCUT2D eigenvalue weighted by atomic mass is 10.5. The molecule has 0 aliphatic heterocycles. The Morgan fingerprint density at radius 2 is 2.41 bits per heavy atom. The number of hydrogen-bond acceptors (Lipinski definition) is 6. The Kier molecular flexibility index (Phi) is 3.35. The number of hydrogen-bond donors (Lipinski definition) is 3. The van der Waals surface area contributed by atoms with Crippen LogP contribution < -0.4 is 10.5 Å². The summed E-state index contributed by atoms with van der Waals surface area (Å²) in [5.41, 5.74) is 0.277. The first-order chi connectivity index (χ1) is 8.26. The van der Waals surface area contributed by atoms with Gasteiger partial charge in [0.1, 0.15) is 13.5 Å². The third-order valence-electron chi connectivity index (χ3n) is 2.21. The van der Waals surface area contributed by atoms with E-state index in [2.05, 4.69) is 19.9 Å². The van der Waals surface area contributed by atoms with Crippen LogP contribution >= 0.6 is 0 Å². The van der Waals surface area contributed by atoms with Gasteiger partial charge < -0.3 is 14.8 Å². The SMILES string of the molecule is CCOCN(CO)c1nc2nc[nH]c2c(=O)[nH]1. The molecule has 0 bridgehead atoms. The Morgan fingerprint density at radius 3 is 3.12 bits per heavy atom. The summed E-state index contributed by atoms with van der Waals surface area (Å²) in [5.74, 6) is 0.227. The number of rotatable bonds is 5. The fourth-order valence-corrected chi connectivity index (χ4v) is 1.35. The van der Waals surface area contributed by atoms with Crippen LogP contribution in [0.15, 0.2) is 11.1 Å². The van der Waals surface area contributed by atoms with Gasteiger partial charge in [-0.25, -0.2) is 4.98 Å². The average Bonchev–Trinajstić information content (AvgIpc) is 2.79. The predicted molar refractivity (Wildman–Crippen MR) is 60.6 cm³/mol. The monoisotopic (exact) mass is 239 g/mol. The fourth-order valence-electron chi connectivity index (χ4n) is 1.35. The summed E-state index contributed by atoms with van der Waals surface area (Å²) in [6.07, 6.45) is 1.39. The Labute approximate surface area is 96.3 Å². The van der Waals surface area contributed by atoms with E-state index in [0.29, 0.717) is 17.8 Å². The van der Waals surface area contributed by atoms with Gasteiger partial charge in [0.2, 0.25) is 5.95 Å². The van der Waals surface area contributed by atoms with Gasteiger partial charge in [-0.3, -0.25) is 14.7 Å². The fraction of sp³-hybridized carbons (Fsp3) is 0.444. The summed E-state index contributed by atoms with van der Waals surface area (Å²) >= 11 is 0. The van der Waals surface area contributed by atoms with E-state index in [1.807, 2.05) is 6.92 Å². The molecule has 8 heteroatoms. The highest BCUT2D eigenvalue weighted by atomic mass is 16.5. The molecule has 2 heterocycles. The third-order valence-corrected chi connectivity index (χ3v) is 2.21. The average molecular weight is 239 g/mol. The van der Waals surface area contributed by atoms with Crippen molar-refractivity contribution < 1.29 is 9.84 Å². The first kappa shape index (κ1) is 11.6. The normalized spacial score (nSPS) is 10.9. The van der Waals surface area contributed by atoms with Crippen molar-refractivity contribution in [2.24, 2.45) is 0 Å². The molecule has 2 aromatic rings. The van der Waals surface area contributed by atoms with E-state index in [9.17, 15) is 9.90 Å². The minimum atomic E-state index is -0.336. The molecule has 0 amide bonds. The van der Waals surface area contributed by atoms with Gasteiger partial charge in [0.25, 0.3) is 5.56 Å². The number of aliphatic hydroxyl groups is 1. The van der Waals surface area contributed by atoms with Gasteiger partial charge in [0.15, 0.2) is 11.2 Å². The van der Waals surface area contributed by atoms with E-state index >= 15 is 0 Å². The maximum absolute atomic E-state index is 11.6. The van der Waals surface area contributed by atoms with Crippen LogP contribution in [0.3, 0.4) is 0 Å². The molecule has 0 aliphatic carbocycles. The Morgan fingerprint density at radius 1 is 1.59 bits per heavy atom. The molecule has 0 atom stereocenters. The molecule has 17 heavy (non-hydrogen) atoms. The van der Waals surface area contributed by atoms with Gasteiger partial charge in [-0.1, -0.05) is 0 Å². The lowest BCUT2D eigenvalue weighted by Gasteiger charge is -2.19. The zero-order valence-corrected chi connectivity index (χ0v) is 9.30. The lowest BCUT2D eigenvalue weighted by molar-refractivity contribution is 0.127. The maximum Gasteiger partial charge on any atom is 0.278 e. The van der Waals surface area contributed by atoms with E-state index in [1.54, 1.807) is 0 Å². The molecule has 0 saturated carbocycles. The number of aromatic nitrogens is 4. The molecule has 0 saturated heterocycles. The summed E-state index contributed by atoms with van der Waals surface area (Å²) in [7, 11) is 0. The Bertz CT molecular complexity index is 549. The second-order valence-electron chi connectivity index (χ2n) is 3.29. The van der Waals surface area contributed by atoms with Crippen molar-refractivity contribution in [3.63, 3.8) is 0 Å². The summed E-state index contributed by atoms with van der Waals surface area (Å²) in [4.78, 5) is 26.3. The molecule has 0 aliphatic rings. The van der Waals surface area contributed by atoms with Gasteiger partial charge in [-0.05, 0) is 6.92 Å². The molecule has 0 spiro atoms. The van der Waals surface area contributed by atoms with Crippen molar-refractivity contribution >= 4 is 17.1 Å². The van der Waals surface area contributed by atoms with Crippen LogP contribution in [0.2, 0.25) is 0 Å². The van der Waals surface area contributed by atoms with Gasteiger partial charge in [-0.2, -0.15) is 4.98 Å². The highest BCUT2D eigenvalue weighted by Crippen LogP contribution is 2.07. The lowest BCUT2D eigenvalue weighted by Crippen LogP contribution is -2.30. The molecule has 3 N–H and O–H groups in total. The van der Waals surface area contributed by atoms with Gasteiger partial charge in [0, 0.05) is 6.61 Å². The summed E-state index contributed by atoms with van der Waals surface area (Å²) in [6, 6.07) is 0. The number of imidazole rings is 1. The Hall–Kier alpha value is -1.93. The van der Waals surface area contributed by atoms with Crippen LogP contribution in [0.25, 0.3) is 11.2 Å². The van der Waals surface area contributed by atoms with Gasteiger partial charge >= 0.3 is 0 Å². The first-order valence-electron chi connectivity index (χ1n) is 5.13. The minimum Gasteiger partial charge on any atom is -0.376 e. The van der Waals surface area contributed by atoms with Crippen LogP contribution in [0.5, 0.6) is 0 Å². The van der Waals surface area contributed by atoms with E-state index < -0.39 is 0 Å². The number of ether oxygens (including phenoxy) is 1. The second kappa shape index (κ2) is 4.93. The number of aliphatic hydroxyl groups excluding tert-OH is 1. The Balaban J connectivity index is 2.36. The summed E-state index contributed by atoms with van der Waals surface area (Å²) in [5, 5.41) is 9.18. The molecular formula is C9H13N5O3. The van der Waals surface area contributed by atoms with Crippen LogP contribution in [-0.4, -0.2) is 45.1 Å². The van der Waals surface area contributed by atoms with Gasteiger partial charge in [-0.15, -0.1) is 0 Å². The van der Waals surface area contributed by atoms with Gasteiger partial charge in [0.05, 0.1) is 6.33 Å². The van der Waals surface area contributed by atoms with Crippen LogP contribution in [-0.2, 0) is 4.74 Å². The van der Waals surface area contributed by atoms with E-state index in [4.69, 9.17) is 4.74 Å². The number of nitrogens with one attached hydrogen (secondary N) is 2. The summed E-state index contributed by atoms with van der Waals surface area (Å²) < 4.78 is 5.15. The number of H-pyrrole nitrogens is 2. The highest BCUT2D eigenvalue weighted by molar-refractivity contribution is 5.69. The third kappa shape index (κ3) is 2.27. The molecule has 0 unspecified atom stereocenters. The van der Waals surface area contributed by atoms with E-state index in [0.717, 1.165) is 0 Å². The maximum atomic E-state index is 11.6. The van der Waals surface area contributed by atoms with E-state index in [-0.39, 0.29) is 25.0 Å². The van der Waals surface area contributed by atoms with E-state index in [1.165, 1.54) is 11.2 Å². The van der Waals surface area contributed by atoms with Crippen molar-refractivity contribution in [2.75, 3.05) is 25.0 Å². The van der Waals surface area contributed by atoms with Crippen molar-refractivity contribution in [3.05, 3.63) is 16.7 Å². The van der Waals surface area contributed by atoms with Crippen molar-refractivity contribution in [3.8, 4) is 0 Å². The van der Waals surface area contributed by atoms with Crippen molar-refractivity contribution in [1.82, 2.24) is 19.9 Å². The van der Waals surface area contributed by atoms with Crippen LogP contribution in [0.1, 0.15) is 6.92 Å². The molecule has 2 rings (SSSR count). The first-order valence-corrected chi connectivity index (χ1v) is 5.13. The molecule has 0 radical (unpaired) electrons. The number of aromatic amines is 2. The largest absolute Gasteiger partial charge is 0.376 e. The number of anilines is 1. The number of nitrogens with zero attached hydrogens (tertiary/aromatic N) is 3. The molecule has 8 nitrogen and oxygen atoms in total. The molecular weight excluding hydrogens is 226 g/mol. The standard InChI is InChI=1S/C9H13N5O3/c1-2-17-5-14(4-15)9-12-7-6(8(16)13-9)10-3-11-7/h3,15H,2,4-5H2,1H3,(H2,10,11,12,13,16). The van der Waals surface area contributed by atoms with Crippen LogP contribution in [0.4, 0.5) is 5.95 Å². The molecule has 2 aromatic heterocycles. The minimum absolute atomic E-state index is 0.145. The molecule has 0 aromatic carbocycles. The van der Waals surface area contributed by atoms with Crippen LogP contribution in [0, 0.1) is 0 Å². The zero-order valence-electron chi connectivity index (χ0n) is 9.30. The zero-order chi connectivity index (χ0) is 12.3. The topological polar surface area (TPSA) is 107 Å². The predicted octanol–water partition coefficient (Wildman–Crippen LogP) is -0.604. The second-order valence-corrected chi connectivity index (χ2v) is 3.29. The molecule has 0 fully saturated rings. The van der Waals surface area contributed by atoms with Crippen molar-refractivity contribution in [2.45, 2.75) is 6.92 Å². The summed E-state index contributed by atoms with van der Waals surface area (Å²) in [6.45, 7) is 2.18. The number of fused-ring (bicyclic) bond motifs is 1. The quantitative estimate of drug-likeness (QED) is 0.601. The molecule has 92 valence electrons. The van der Waals surface area contributed by atoms with Crippen molar-refractivity contribution in [1.29, 1.82) is 0 Å². The highest BCUT2D eigenvalue weighted by Gasteiger charge is 2.11.